The minimum atomic E-state index is -0.119. The second-order valence-electron chi connectivity index (χ2n) is 3.90. The molecule has 82 valence electrons. The van der Waals surface area contributed by atoms with Crippen LogP contribution in [0.2, 0.25) is 5.02 Å². The Bertz CT molecular complexity index is 382. The number of hydrogen-bond donors (Lipinski definition) is 1. The molecule has 0 spiro atoms. The molecule has 0 bridgehead atoms. The van der Waals surface area contributed by atoms with E-state index in [0.717, 1.165) is 23.0 Å². The molecular formula is C10H12BrClN2O. The van der Waals surface area contributed by atoms with Crippen LogP contribution in [0.1, 0.15) is 12.8 Å². The van der Waals surface area contributed by atoms with Crippen LogP contribution in [-0.2, 0) is 0 Å². The molecule has 15 heavy (non-hydrogen) atoms. The molecule has 1 fully saturated rings. The zero-order chi connectivity index (χ0) is 11.1. The molecule has 1 saturated carbocycles. The number of hydrogen-bond acceptors (Lipinski definition) is 3. The molecular weight excluding hydrogens is 279 g/mol. The fraction of sp³-hybridized carbons (Fsp3) is 0.500. The van der Waals surface area contributed by atoms with Gasteiger partial charge in [0.1, 0.15) is 0 Å². The summed E-state index contributed by atoms with van der Waals surface area (Å²) in [6.07, 6.45) is 5.40. The second kappa shape index (κ2) is 3.92. The second-order valence-corrected chi connectivity index (χ2v) is 5.13. The van der Waals surface area contributed by atoms with Crippen molar-refractivity contribution in [2.24, 2.45) is 0 Å². The minimum absolute atomic E-state index is 0.119. The lowest BCUT2D eigenvalue weighted by molar-refractivity contribution is 0.252. The van der Waals surface area contributed by atoms with E-state index in [-0.39, 0.29) is 12.1 Å². The van der Waals surface area contributed by atoms with Crippen LogP contribution in [0.3, 0.4) is 0 Å². The highest BCUT2D eigenvalue weighted by Crippen LogP contribution is 2.45. The quantitative estimate of drug-likeness (QED) is 0.929. The van der Waals surface area contributed by atoms with Crippen LogP contribution in [0.5, 0.6) is 0 Å². The molecule has 1 N–H and O–H groups in total. The van der Waals surface area contributed by atoms with Crippen molar-refractivity contribution in [3.8, 4) is 0 Å². The molecule has 1 aromatic rings. The van der Waals surface area contributed by atoms with E-state index in [1.807, 2.05) is 11.9 Å². The summed E-state index contributed by atoms with van der Waals surface area (Å²) < 4.78 is 0.780. The smallest absolute Gasteiger partial charge is 0.0813 e. The molecule has 0 amide bonds. The van der Waals surface area contributed by atoms with E-state index in [1.54, 1.807) is 12.4 Å². The summed E-state index contributed by atoms with van der Waals surface area (Å²) >= 11 is 9.51. The summed E-state index contributed by atoms with van der Waals surface area (Å²) in [5.41, 5.74) is 0.740. The number of anilines is 1. The van der Waals surface area contributed by atoms with Crippen molar-refractivity contribution in [1.82, 2.24) is 4.98 Å². The van der Waals surface area contributed by atoms with Gasteiger partial charge in [-0.15, -0.1) is 0 Å². The number of likely N-dealkylation sites (N-methyl/N-ethyl adjacent to an activating group) is 1. The van der Waals surface area contributed by atoms with Crippen LogP contribution in [0, 0.1) is 0 Å². The van der Waals surface area contributed by atoms with Gasteiger partial charge in [0.25, 0.3) is 0 Å². The van der Waals surface area contributed by atoms with Crippen LogP contribution < -0.4 is 4.90 Å². The van der Waals surface area contributed by atoms with E-state index in [1.165, 1.54) is 0 Å². The van der Waals surface area contributed by atoms with Crippen LogP contribution in [0.25, 0.3) is 0 Å². The van der Waals surface area contributed by atoms with Gasteiger partial charge in [0.05, 0.1) is 33.5 Å². The van der Waals surface area contributed by atoms with Gasteiger partial charge in [0, 0.05) is 13.2 Å². The van der Waals surface area contributed by atoms with Gasteiger partial charge in [-0.2, -0.15) is 0 Å². The number of aliphatic hydroxyl groups excluding tert-OH is 1. The van der Waals surface area contributed by atoms with Crippen LogP contribution in [0.4, 0.5) is 5.69 Å². The maximum atomic E-state index is 9.33. The predicted molar refractivity (Wildman–Crippen MR) is 64.4 cm³/mol. The average molecular weight is 292 g/mol. The Morgan fingerprint density at radius 1 is 1.60 bits per heavy atom. The molecule has 5 heteroatoms. The molecule has 1 aliphatic rings. The number of aliphatic hydroxyl groups is 1. The first kappa shape index (κ1) is 11.2. The number of halogens is 2. The van der Waals surface area contributed by atoms with Crippen molar-refractivity contribution in [3.05, 3.63) is 21.9 Å². The maximum absolute atomic E-state index is 9.33. The molecule has 0 aromatic carbocycles. The summed E-state index contributed by atoms with van der Waals surface area (Å²) in [6.45, 7) is 0.159. The fourth-order valence-corrected chi connectivity index (χ4v) is 2.19. The summed E-state index contributed by atoms with van der Waals surface area (Å²) in [7, 11) is 1.94. The first-order valence-corrected chi connectivity index (χ1v) is 5.91. The van der Waals surface area contributed by atoms with Gasteiger partial charge in [0.15, 0.2) is 0 Å². The lowest BCUT2D eigenvalue weighted by Crippen LogP contribution is -2.37. The van der Waals surface area contributed by atoms with Gasteiger partial charge < -0.3 is 10.0 Å². The van der Waals surface area contributed by atoms with Gasteiger partial charge in [-0.3, -0.25) is 4.98 Å². The number of aromatic nitrogens is 1. The molecule has 0 unspecified atom stereocenters. The Hall–Kier alpha value is -0.320. The number of pyridine rings is 1. The largest absolute Gasteiger partial charge is 0.394 e. The molecule has 0 atom stereocenters. The highest BCUT2D eigenvalue weighted by Gasteiger charge is 2.46. The molecule has 3 nitrogen and oxygen atoms in total. The van der Waals surface area contributed by atoms with Crippen molar-refractivity contribution >= 4 is 33.2 Å². The Kier molecular flexibility index (Phi) is 2.92. The Morgan fingerprint density at radius 2 is 2.27 bits per heavy atom. The summed E-state index contributed by atoms with van der Waals surface area (Å²) in [5.74, 6) is 0. The molecule has 0 radical (unpaired) electrons. The monoisotopic (exact) mass is 290 g/mol. The first-order chi connectivity index (χ1) is 7.10. The maximum Gasteiger partial charge on any atom is 0.0813 e. The van der Waals surface area contributed by atoms with Crippen LogP contribution in [-0.4, -0.2) is 29.3 Å². The lowest BCUT2D eigenvalue weighted by Gasteiger charge is -2.29. The SMILES string of the molecule is CN(c1cncc(Br)c1Cl)C1(CO)CC1. The molecule has 1 aromatic heterocycles. The summed E-state index contributed by atoms with van der Waals surface area (Å²) in [4.78, 5) is 6.11. The summed E-state index contributed by atoms with van der Waals surface area (Å²) in [5, 5.41) is 9.98. The van der Waals surface area contributed by atoms with Crippen molar-refractivity contribution in [1.29, 1.82) is 0 Å². The highest BCUT2D eigenvalue weighted by atomic mass is 79.9. The van der Waals surface area contributed by atoms with Crippen LogP contribution >= 0.6 is 27.5 Å². The van der Waals surface area contributed by atoms with Gasteiger partial charge in [-0.1, -0.05) is 11.6 Å². The Labute approximate surface area is 102 Å². The molecule has 0 aliphatic heterocycles. The van der Waals surface area contributed by atoms with E-state index < -0.39 is 0 Å². The Balaban J connectivity index is 2.33. The predicted octanol–water partition coefficient (Wildman–Crippen LogP) is 2.46. The third-order valence-electron chi connectivity index (χ3n) is 3.01. The van der Waals surface area contributed by atoms with Crippen molar-refractivity contribution in [3.63, 3.8) is 0 Å². The zero-order valence-corrected chi connectivity index (χ0v) is 10.7. The minimum Gasteiger partial charge on any atom is -0.394 e. The van der Waals surface area contributed by atoms with E-state index in [2.05, 4.69) is 20.9 Å². The van der Waals surface area contributed by atoms with Crippen molar-refractivity contribution < 1.29 is 5.11 Å². The van der Waals surface area contributed by atoms with Crippen molar-refractivity contribution in [2.75, 3.05) is 18.6 Å². The Morgan fingerprint density at radius 3 is 2.80 bits per heavy atom. The van der Waals surface area contributed by atoms with Gasteiger partial charge in [-0.05, 0) is 28.8 Å². The standard InChI is InChI=1S/C10H12BrClN2O/c1-14(10(6-15)2-3-10)8-5-13-4-7(11)9(8)12/h4-5,15H,2-3,6H2,1H3. The molecule has 1 heterocycles. The highest BCUT2D eigenvalue weighted by molar-refractivity contribution is 9.10. The van der Waals surface area contributed by atoms with E-state index in [9.17, 15) is 5.11 Å². The van der Waals surface area contributed by atoms with Gasteiger partial charge in [-0.25, -0.2) is 0 Å². The van der Waals surface area contributed by atoms with E-state index in [0.29, 0.717) is 5.02 Å². The normalized spacial score (nSPS) is 17.6. The lowest BCUT2D eigenvalue weighted by atomic mass is 10.2. The van der Waals surface area contributed by atoms with Gasteiger partial charge >= 0.3 is 0 Å². The average Bonchev–Trinajstić information content (AvgIpc) is 3.02. The van der Waals surface area contributed by atoms with E-state index >= 15 is 0 Å². The molecule has 2 rings (SSSR count). The van der Waals surface area contributed by atoms with E-state index in [4.69, 9.17) is 11.6 Å². The third kappa shape index (κ3) is 1.86. The number of nitrogens with zero attached hydrogens (tertiary/aromatic N) is 2. The molecule has 1 aliphatic carbocycles. The zero-order valence-electron chi connectivity index (χ0n) is 8.37. The van der Waals surface area contributed by atoms with Gasteiger partial charge in [0.2, 0.25) is 0 Å². The first-order valence-electron chi connectivity index (χ1n) is 4.74. The third-order valence-corrected chi connectivity index (χ3v) is 4.24. The number of rotatable bonds is 3. The fourth-order valence-electron chi connectivity index (χ4n) is 1.64. The molecule has 0 saturated heterocycles. The van der Waals surface area contributed by atoms with Crippen LogP contribution in [0.15, 0.2) is 16.9 Å². The topological polar surface area (TPSA) is 36.4 Å². The van der Waals surface area contributed by atoms with Crippen molar-refractivity contribution in [2.45, 2.75) is 18.4 Å². The summed E-state index contributed by atoms with van der Waals surface area (Å²) in [6, 6.07) is 0.